The molecule has 287 valence electrons. The molecule has 0 spiro atoms. The van der Waals surface area contributed by atoms with Gasteiger partial charge < -0.3 is 9.97 Å². The van der Waals surface area contributed by atoms with Crippen LogP contribution in [0.1, 0.15) is 86.1 Å². The van der Waals surface area contributed by atoms with Crippen molar-refractivity contribution < 1.29 is 20.1 Å². The van der Waals surface area contributed by atoms with Crippen LogP contribution in [0.3, 0.4) is 0 Å². The van der Waals surface area contributed by atoms with Crippen molar-refractivity contribution in [2.75, 3.05) is 0 Å². The molecule has 57 heavy (non-hydrogen) atoms. The van der Waals surface area contributed by atoms with Crippen molar-refractivity contribution in [3.8, 4) is 33.6 Å². The topological polar surface area (TPSA) is 25.8 Å². The largest absolute Gasteiger partial charge is 0.305 e. The van der Waals surface area contributed by atoms with Gasteiger partial charge in [0, 0.05) is 32.5 Å². The van der Waals surface area contributed by atoms with Gasteiger partial charge in [-0.05, 0) is 134 Å². The monoisotopic (exact) mass is 919 g/mol. The van der Waals surface area contributed by atoms with Crippen LogP contribution in [0.5, 0.6) is 0 Å². The summed E-state index contributed by atoms with van der Waals surface area (Å²) in [6, 6.07) is 42.9. The van der Waals surface area contributed by atoms with E-state index >= 15 is 0 Å². The SMILES string of the molecule is CC(C)(C)c1cc[c-]c(-c2cc(C(C)(C)C)ccn2)c1.Cc1ccc2c(ccc3c4ccnc(-c5[c-]c6c7c(c5)CCc5cccc(c5-7)CC6)c4ccc23)c1C.[Ir]. The number of rotatable bonds is 2. The second-order valence-corrected chi connectivity index (χ2v) is 18.0. The van der Waals surface area contributed by atoms with E-state index in [0.717, 1.165) is 48.2 Å². The Morgan fingerprint density at radius 2 is 1.12 bits per heavy atom. The maximum absolute atomic E-state index is 4.92. The number of fused-ring (bicyclic) bond motifs is 5. The van der Waals surface area contributed by atoms with Crippen molar-refractivity contribution in [1.82, 2.24) is 9.97 Å². The molecule has 2 heterocycles. The third-order valence-corrected chi connectivity index (χ3v) is 12.3. The van der Waals surface area contributed by atoms with Crippen molar-refractivity contribution in [2.24, 2.45) is 0 Å². The maximum atomic E-state index is 4.92. The summed E-state index contributed by atoms with van der Waals surface area (Å²) >= 11 is 0. The van der Waals surface area contributed by atoms with Gasteiger partial charge in [0.05, 0.1) is 0 Å². The van der Waals surface area contributed by atoms with Crippen LogP contribution in [0.2, 0.25) is 0 Å². The van der Waals surface area contributed by atoms with E-state index in [-0.39, 0.29) is 30.9 Å². The van der Waals surface area contributed by atoms with Gasteiger partial charge in [-0.1, -0.05) is 113 Å². The van der Waals surface area contributed by atoms with Crippen LogP contribution >= 0.6 is 0 Å². The van der Waals surface area contributed by atoms with Crippen molar-refractivity contribution in [2.45, 2.75) is 91.9 Å². The molecule has 0 saturated carbocycles. The summed E-state index contributed by atoms with van der Waals surface area (Å²) in [6.45, 7) is 17.8. The van der Waals surface area contributed by atoms with Crippen molar-refractivity contribution in [1.29, 1.82) is 0 Å². The Morgan fingerprint density at radius 3 is 1.86 bits per heavy atom. The first-order valence-electron chi connectivity index (χ1n) is 20.2. The van der Waals surface area contributed by atoms with E-state index in [1.54, 1.807) is 0 Å². The fourth-order valence-electron chi connectivity index (χ4n) is 8.93. The molecule has 0 fully saturated rings. The number of aromatic nitrogens is 2. The minimum atomic E-state index is 0. The molecule has 1 radical (unpaired) electrons. The third kappa shape index (κ3) is 7.04. The zero-order chi connectivity index (χ0) is 38.9. The smallest absolute Gasteiger partial charge is 0.0167 e. The summed E-state index contributed by atoms with van der Waals surface area (Å²) in [6.07, 6.45) is 8.26. The van der Waals surface area contributed by atoms with Gasteiger partial charge in [-0.15, -0.1) is 64.2 Å². The van der Waals surface area contributed by atoms with Gasteiger partial charge in [-0.3, -0.25) is 0 Å². The van der Waals surface area contributed by atoms with Crippen LogP contribution in [0, 0.1) is 26.0 Å². The van der Waals surface area contributed by atoms with Gasteiger partial charge in [-0.25, -0.2) is 0 Å². The van der Waals surface area contributed by atoms with E-state index < -0.39 is 0 Å². The molecule has 0 aliphatic heterocycles. The quantitative estimate of drug-likeness (QED) is 0.128. The van der Waals surface area contributed by atoms with E-state index in [1.165, 1.54) is 88.0 Å². The van der Waals surface area contributed by atoms with Crippen molar-refractivity contribution in [3.63, 3.8) is 0 Å². The average Bonchev–Trinajstić information content (AvgIpc) is 3.20. The van der Waals surface area contributed by atoms with E-state index in [2.05, 4.69) is 164 Å². The van der Waals surface area contributed by atoms with Crippen LogP contribution in [-0.4, -0.2) is 9.97 Å². The molecule has 0 N–H and O–H groups in total. The summed E-state index contributed by atoms with van der Waals surface area (Å²) in [5, 5.41) is 7.76. The fraction of sp³-hybridized carbons (Fsp3) is 0.259. The molecule has 6 aromatic carbocycles. The van der Waals surface area contributed by atoms with Crippen molar-refractivity contribution in [3.05, 3.63) is 166 Å². The number of pyridine rings is 2. The number of aryl methyl sites for hydroxylation is 6. The number of hydrogen-bond donors (Lipinski definition) is 0. The maximum Gasteiger partial charge on any atom is 0.0167 e. The number of benzene rings is 6. The Bertz CT molecular complexity index is 2750. The molecule has 8 aromatic rings. The van der Waals surface area contributed by atoms with Gasteiger partial charge in [0.15, 0.2) is 0 Å². The zero-order valence-corrected chi connectivity index (χ0v) is 36.8. The molecular formula is C54H50IrN2-2. The Balaban J connectivity index is 0.000000186. The first-order chi connectivity index (χ1) is 26.8. The first-order valence-corrected chi connectivity index (χ1v) is 20.2. The number of hydrogen-bond acceptors (Lipinski definition) is 2. The minimum Gasteiger partial charge on any atom is -0.305 e. The summed E-state index contributed by atoms with van der Waals surface area (Å²) in [5.74, 6) is 0. The van der Waals surface area contributed by atoms with Crippen LogP contribution in [-0.2, 0) is 56.6 Å². The summed E-state index contributed by atoms with van der Waals surface area (Å²) < 4.78 is 0. The normalized spacial score (nSPS) is 13.2. The molecular weight excluding hydrogens is 869 g/mol. The Hall–Kier alpha value is -4.95. The van der Waals surface area contributed by atoms with Crippen LogP contribution in [0.25, 0.3) is 66.0 Å². The average molecular weight is 919 g/mol. The van der Waals surface area contributed by atoms with Crippen molar-refractivity contribution >= 4 is 32.3 Å². The van der Waals surface area contributed by atoms with Crippen LogP contribution in [0.4, 0.5) is 0 Å². The molecule has 2 aromatic heterocycles. The van der Waals surface area contributed by atoms with E-state index in [0.29, 0.717) is 0 Å². The zero-order valence-electron chi connectivity index (χ0n) is 34.4. The molecule has 0 amide bonds. The second kappa shape index (κ2) is 14.8. The van der Waals surface area contributed by atoms with Gasteiger partial charge in [0.25, 0.3) is 0 Å². The van der Waals surface area contributed by atoms with E-state index in [9.17, 15) is 0 Å². The standard InChI is InChI=1S/C35H26N.C19H24N.Ir/c1-20-6-11-28-27(21(20)2)12-13-30-29(28)14-15-32-31(30)16-17-36-35(32)26-18-24-9-7-22-4-3-5-23-8-10-25(19-26)34(24)33(22)23;1-18(2,3)15-9-7-8-14(12-15)17-13-16(10-11-20-17)19(4,5)6;/h3-6,11-18H,7-10H2,1-2H3;7,9-13H,1-6H3;/q2*-1;. The Kier molecular flexibility index (Phi) is 10.1. The van der Waals surface area contributed by atoms with E-state index in [1.807, 2.05) is 18.5 Å². The van der Waals surface area contributed by atoms with Gasteiger partial charge >= 0.3 is 0 Å². The molecule has 0 atom stereocenters. The molecule has 0 bridgehead atoms. The number of nitrogens with zero attached hydrogens (tertiary/aromatic N) is 2. The Labute approximate surface area is 352 Å². The molecule has 0 unspecified atom stereocenters. The Morgan fingerprint density at radius 1 is 0.526 bits per heavy atom. The predicted molar refractivity (Wildman–Crippen MR) is 237 cm³/mol. The first kappa shape index (κ1) is 38.9. The molecule has 3 heteroatoms. The van der Waals surface area contributed by atoms with Gasteiger partial charge in [0.2, 0.25) is 0 Å². The van der Waals surface area contributed by atoms with Crippen LogP contribution in [0.15, 0.2) is 109 Å². The fourth-order valence-corrected chi connectivity index (χ4v) is 8.93. The third-order valence-electron chi connectivity index (χ3n) is 12.3. The summed E-state index contributed by atoms with van der Waals surface area (Å²) in [5.41, 5.74) is 18.7. The summed E-state index contributed by atoms with van der Waals surface area (Å²) in [4.78, 5) is 9.44. The minimum absolute atomic E-state index is 0. The van der Waals surface area contributed by atoms with E-state index in [4.69, 9.17) is 4.98 Å². The molecule has 2 nitrogen and oxygen atoms in total. The molecule has 0 saturated heterocycles. The van der Waals surface area contributed by atoms with Gasteiger partial charge in [-0.2, -0.15) is 0 Å². The predicted octanol–water partition coefficient (Wildman–Crippen LogP) is 13.6. The molecule has 10 rings (SSSR count). The molecule has 2 aliphatic rings. The second-order valence-electron chi connectivity index (χ2n) is 18.0. The summed E-state index contributed by atoms with van der Waals surface area (Å²) in [7, 11) is 0. The molecule has 2 aliphatic carbocycles. The van der Waals surface area contributed by atoms with Crippen LogP contribution < -0.4 is 0 Å². The van der Waals surface area contributed by atoms with Gasteiger partial charge in [0.1, 0.15) is 0 Å².